The molecule has 2 N–H and O–H groups in total. The van der Waals surface area contributed by atoms with Crippen LogP contribution in [0.3, 0.4) is 0 Å². The van der Waals surface area contributed by atoms with Crippen LogP contribution in [-0.2, 0) is 6.54 Å². The zero-order valence-electron chi connectivity index (χ0n) is 13.2. The first kappa shape index (κ1) is 16.3. The van der Waals surface area contributed by atoms with Crippen molar-refractivity contribution in [2.75, 3.05) is 19.4 Å². The average Bonchev–Trinajstić information content (AvgIpc) is 2.82. The van der Waals surface area contributed by atoms with Crippen molar-refractivity contribution in [3.05, 3.63) is 47.5 Å². The van der Waals surface area contributed by atoms with Gasteiger partial charge in [0, 0.05) is 29.8 Å². The fourth-order valence-corrected chi connectivity index (χ4v) is 3.62. The molecule has 0 fully saturated rings. The van der Waals surface area contributed by atoms with Gasteiger partial charge >= 0.3 is 0 Å². The predicted octanol–water partition coefficient (Wildman–Crippen LogP) is 3.81. The van der Waals surface area contributed by atoms with E-state index in [0.29, 0.717) is 18.8 Å². The number of nitrogens with zero attached hydrogens (tertiary/aromatic N) is 2. The SMILES string of the molecule is COc1ccc2c(c1)CN(C(=O)c1ccc(N=N)cc1O)CCS2. The summed E-state index contributed by atoms with van der Waals surface area (Å²) in [6.45, 7) is 1.05. The molecule has 0 atom stereocenters. The molecule has 24 heavy (non-hydrogen) atoms. The molecule has 3 rings (SSSR count). The van der Waals surface area contributed by atoms with Crippen LogP contribution in [0.5, 0.6) is 11.5 Å². The van der Waals surface area contributed by atoms with E-state index in [-0.39, 0.29) is 17.2 Å². The second-order valence-electron chi connectivity index (χ2n) is 5.36. The van der Waals surface area contributed by atoms with Crippen LogP contribution < -0.4 is 4.74 Å². The van der Waals surface area contributed by atoms with Gasteiger partial charge in [0.15, 0.2) is 0 Å². The fourth-order valence-electron chi connectivity index (χ4n) is 2.61. The van der Waals surface area contributed by atoms with Gasteiger partial charge in [-0.15, -0.1) is 11.8 Å². The van der Waals surface area contributed by atoms with Crippen molar-refractivity contribution in [3.63, 3.8) is 0 Å². The molecule has 7 heteroatoms. The summed E-state index contributed by atoms with van der Waals surface area (Å²) in [6.07, 6.45) is 0. The molecule has 0 bridgehead atoms. The molecule has 1 aliphatic rings. The summed E-state index contributed by atoms with van der Waals surface area (Å²) in [5.41, 5.74) is 8.53. The Hall–Kier alpha value is -2.54. The van der Waals surface area contributed by atoms with Gasteiger partial charge in [0.1, 0.15) is 11.5 Å². The van der Waals surface area contributed by atoms with Crippen LogP contribution in [0.2, 0.25) is 0 Å². The van der Waals surface area contributed by atoms with Crippen molar-refractivity contribution in [3.8, 4) is 11.5 Å². The molecule has 124 valence electrons. The van der Waals surface area contributed by atoms with Crippen LogP contribution in [-0.4, -0.2) is 35.3 Å². The number of aromatic hydroxyl groups is 1. The van der Waals surface area contributed by atoms with Gasteiger partial charge in [-0.1, -0.05) is 0 Å². The van der Waals surface area contributed by atoms with Gasteiger partial charge < -0.3 is 14.7 Å². The molecule has 0 spiro atoms. The number of fused-ring (bicyclic) bond motifs is 1. The highest BCUT2D eigenvalue weighted by Crippen LogP contribution is 2.32. The summed E-state index contributed by atoms with van der Waals surface area (Å²) in [5.74, 6) is 1.15. The van der Waals surface area contributed by atoms with Gasteiger partial charge in [-0.2, -0.15) is 5.11 Å². The van der Waals surface area contributed by atoms with E-state index in [1.54, 1.807) is 29.8 Å². The zero-order valence-corrected chi connectivity index (χ0v) is 14.0. The molecule has 0 aromatic heterocycles. The lowest BCUT2D eigenvalue weighted by Crippen LogP contribution is -2.31. The number of rotatable bonds is 3. The second kappa shape index (κ2) is 6.92. The minimum atomic E-state index is -0.236. The van der Waals surface area contributed by atoms with E-state index in [1.165, 1.54) is 12.1 Å². The number of phenolic OH excluding ortho intramolecular Hbond substituents is 1. The Morgan fingerprint density at radius 3 is 2.88 bits per heavy atom. The van der Waals surface area contributed by atoms with Gasteiger partial charge in [-0.25, -0.2) is 5.53 Å². The van der Waals surface area contributed by atoms with Gasteiger partial charge in [0.2, 0.25) is 0 Å². The Kier molecular flexibility index (Phi) is 4.71. The Labute approximate surface area is 143 Å². The third-order valence-corrected chi connectivity index (χ3v) is 4.97. The Balaban J connectivity index is 1.88. The maximum Gasteiger partial charge on any atom is 0.257 e. The van der Waals surface area contributed by atoms with E-state index in [0.717, 1.165) is 22.0 Å². The van der Waals surface area contributed by atoms with Crippen molar-refractivity contribution in [1.82, 2.24) is 4.90 Å². The van der Waals surface area contributed by atoms with Crippen LogP contribution in [0, 0.1) is 5.53 Å². The van der Waals surface area contributed by atoms with Crippen LogP contribution in [0.4, 0.5) is 5.69 Å². The summed E-state index contributed by atoms with van der Waals surface area (Å²) in [6, 6.07) is 10.2. The molecule has 0 saturated carbocycles. The number of carbonyl (C=O) groups excluding carboxylic acids is 1. The van der Waals surface area contributed by atoms with Crippen LogP contribution in [0.15, 0.2) is 46.4 Å². The highest BCUT2D eigenvalue weighted by atomic mass is 32.2. The number of hydrogen-bond acceptors (Lipinski definition) is 6. The molecule has 0 aliphatic carbocycles. The first-order chi connectivity index (χ1) is 11.6. The molecule has 1 amide bonds. The molecule has 6 nitrogen and oxygen atoms in total. The predicted molar refractivity (Wildman–Crippen MR) is 91.4 cm³/mol. The van der Waals surface area contributed by atoms with Crippen LogP contribution in [0.1, 0.15) is 15.9 Å². The number of hydrogen-bond donors (Lipinski definition) is 2. The Morgan fingerprint density at radius 1 is 1.33 bits per heavy atom. The number of carbonyl (C=O) groups is 1. The third kappa shape index (κ3) is 3.21. The molecule has 0 saturated heterocycles. The van der Waals surface area contributed by atoms with Gasteiger partial charge in [-0.05, 0) is 35.9 Å². The maximum absolute atomic E-state index is 12.8. The van der Waals surface area contributed by atoms with Crippen molar-refractivity contribution in [1.29, 1.82) is 5.53 Å². The first-order valence-corrected chi connectivity index (χ1v) is 8.40. The van der Waals surface area contributed by atoms with E-state index >= 15 is 0 Å². The summed E-state index contributed by atoms with van der Waals surface area (Å²) >= 11 is 1.70. The number of benzene rings is 2. The molecule has 2 aromatic rings. The standard InChI is InChI=1S/C17H17N3O3S/c1-23-13-3-5-16-11(8-13)10-20(6-7-24-16)17(22)14-4-2-12(19-18)9-15(14)21/h2-5,8-9,18,21H,6-7,10H2,1H3. The number of nitrogens with one attached hydrogen (secondary N) is 1. The highest BCUT2D eigenvalue weighted by Gasteiger charge is 2.23. The Morgan fingerprint density at radius 2 is 2.17 bits per heavy atom. The van der Waals surface area contributed by atoms with E-state index in [2.05, 4.69) is 5.11 Å². The number of thioether (sulfide) groups is 1. The largest absolute Gasteiger partial charge is 0.507 e. The lowest BCUT2D eigenvalue weighted by molar-refractivity contribution is 0.0751. The molecule has 0 unspecified atom stereocenters. The van der Waals surface area contributed by atoms with Crippen molar-refractivity contribution < 1.29 is 14.6 Å². The van der Waals surface area contributed by atoms with Crippen molar-refractivity contribution in [2.24, 2.45) is 5.11 Å². The topological polar surface area (TPSA) is 86.0 Å². The summed E-state index contributed by atoms with van der Waals surface area (Å²) in [5, 5.41) is 13.3. The highest BCUT2D eigenvalue weighted by molar-refractivity contribution is 7.99. The lowest BCUT2D eigenvalue weighted by atomic mass is 10.1. The van der Waals surface area contributed by atoms with Crippen LogP contribution in [0.25, 0.3) is 0 Å². The Bertz CT molecular complexity index is 795. The van der Waals surface area contributed by atoms with Crippen LogP contribution >= 0.6 is 11.8 Å². The van der Waals surface area contributed by atoms with E-state index in [4.69, 9.17) is 10.3 Å². The number of methoxy groups -OCH3 is 1. The molecule has 0 radical (unpaired) electrons. The monoisotopic (exact) mass is 343 g/mol. The lowest BCUT2D eigenvalue weighted by Gasteiger charge is -2.21. The van der Waals surface area contributed by atoms with E-state index in [9.17, 15) is 9.90 Å². The fraction of sp³-hybridized carbons (Fsp3) is 0.235. The summed E-state index contributed by atoms with van der Waals surface area (Å²) in [7, 11) is 1.62. The zero-order chi connectivity index (χ0) is 17.1. The van der Waals surface area contributed by atoms with Gasteiger partial charge in [-0.3, -0.25) is 4.79 Å². The molecule has 1 aliphatic heterocycles. The number of amides is 1. The quantitative estimate of drug-likeness (QED) is 0.830. The minimum absolute atomic E-state index is 0.156. The average molecular weight is 343 g/mol. The minimum Gasteiger partial charge on any atom is -0.507 e. The molecule has 2 aromatic carbocycles. The normalized spacial score (nSPS) is 13.8. The maximum atomic E-state index is 12.8. The van der Waals surface area contributed by atoms with E-state index in [1.807, 2.05) is 18.2 Å². The third-order valence-electron chi connectivity index (χ3n) is 3.88. The van der Waals surface area contributed by atoms with Crippen molar-refractivity contribution in [2.45, 2.75) is 11.4 Å². The van der Waals surface area contributed by atoms with Gasteiger partial charge in [0.25, 0.3) is 5.91 Å². The number of phenols is 1. The van der Waals surface area contributed by atoms with E-state index < -0.39 is 0 Å². The number of ether oxygens (including phenoxy) is 1. The smallest absolute Gasteiger partial charge is 0.257 e. The summed E-state index contributed by atoms with van der Waals surface area (Å²) in [4.78, 5) is 15.6. The second-order valence-corrected chi connectivity index (χ2v) is 6.50. The molecular weight excluding hydrogens is 326 g/mol. The molecule has 1 heterocycles. The first-order valence-electron chi connectivity index (χ1n) is 7.42. The van der Waals surface area contributed by atoms with Gasteiger partial charge in [0.05, 0.1) is 18.4 Å². The van der Waals surface area contributed by atoms with Crippen molar-refractivity contribution >= 4 is 23.4 Å². The summed E-state index contributed by atoms with van der Waals surface area (Å²) < 4.78 is 5.27. The molecular formula is C17H17N3O3S.